The summed E-state index contributed by atoms with van der Waals surface area (Å²) >= 11 is 0. The van der Waals surface area contributed by atoms with Gasteiger partial charge in [0.15, 0.2) is 23.1 Å². The number of aromatic nitrogens is 2. The van der Waals surface area contributed by atoms with Crippen molar-refractivity contribution < 1.29 is 18.3 Å². The molecule has 0 aliphatic rings. The molecule has 3 N–H and O–H groups in total. The Morgan fingerprint density at radius 2 is 1.62 bits per heavy atom. The van der Waals surface area contributed by atoms with Crippen LogP contribution in [0.4, 0.5) is 26.1 Å². The van der Waals surface area contributed by atoms with Crippen LogP contribution >= 0.6 is 0 Å². The van der Waals surface area contributed by atoms with E-state index in [1.807, 2.05) is 19.1 Å². The van der Waals surface area contributed by atoms with Gasteiger partial charge in [-0.1, -0.05) is 12.1 Å². The molecular formula is C21H22F2N4O2. The van der Waals surface area contributed by atoms with E-state index in [0.717, 1.165) is 16.8 Å². The fraction of sp³-hybridized carbons (Fsp3) is 0.238. The molecule has 0 aliphatic heterocycles. The Bertz CT molecular complexity index is 962. The van der Waals surface area contributed by atoms with Crippen LogP contribution in [0.5, 0.6) is 11.5 Å². The molecule has 3 aromatic rings. The molecule has 0 fully saturated rings. The molecule has 8 heteroatoms. The maximum absolute atomic E-state index is 14.5. The number of hydrogen-bond donors (Lipinski definition) is 2. The summed E-state index contributed by atoms with van der Waals surface area (Å²) in [7, 11) is 2.64. The Balaban J connectivity index is 1.74. The van der Waals surface area contributed by atoms with E-state index in [-0.39, 0.29) is 23.5 Å². The molecule has 0 aliphatic carbocycles. The van der Waals surface area contributed by atoms with Crippen LogP contribution < -0.4 is 20.5 Å². The van der Waals surface area contributed by atoms with Crippen molar-refractivity contribution in [2.45, 2.75) is 19.8 Å². The van der Waals surface area contributed by atoms with Crippen LogP contribution in [0.25, 0.3) is 0 Å². The molecule has 29 heavy (non-hydrogen) atoms. The van der Waals surface area contributed by atoms with Gasteiger partial charge in [-0.2, -0.15) is 0 Å². The van der Waals surface area contributed by atoms with E-state index in [1.54, 1.807) is 18.5 Å². The highest BCUT2D eigenvalue weighted by atomic mass is 19.1. The monoisotopic (exact) mass is 400 g/mol. The second-order valence-electron chi connectivity index (χ2n) is 6.47. The molecule has 0 saturated heterocycles. The lowest BCUT2D eigenvalue weighted by molar-refractivity contribution is 0.353. The second-order valence-corrected chi connectivity index (χ2v) is 6.47. The zero-order chi connectivity index (χ0) is 21.0. The summed E-state index contributed by atoms with van der Waals surface area (Å²) in [5.74, 6) is -1.22. The van der Waals surface area contributed by atoms with Crippen LogP contribution in [0, 0.1) is 18.6 Å². The van der Waals surface area contributed by atoms with Gasteiger partial charge in [0.1, 0.15) is 0 Å². The van der Waals surface area contributed by atoms with Crippen molar-refractivity contribution in [2.75, 3.05) is 25.3 Å². The number of benzene rings is 2. The highest BCUT2D eigenvalue weighted by Crippen LogP contribution is 2.32. The third kappa shape index (κ3) is 4.37. The first kappa shape index (κ1) is 20.3. The molecule has 0 spiro atoms. The summed E-state index contributed by atoms with van der Waals surface area (Å²) in [5.41, 5.74) is 8.91. The first-order valence-electron chi connectivity index (χ1n) is 8.96. The number of rotatable bonds is 7. The van der Waals surface area contributed by atoms with E-state index in [0.29, 0.717) is 18.1 Å². The van der Waals surface area contributed by atoms with Crippen LogP contribution in [0.15, 0.2) is 36.7 Å². The molecular weight excluding hydrogens is 378 g/mol. The molecule has 2 aromatic carbocycles. The van der Waals surface area contributed by atoms with Gasteiger partial charge in [0, 0.05) is 24.0 Å². The van der Waals surface area contributed by atoms with Crippen molar-refractivity contribution in [1.29, 1.82) is 0 Å². The van der Waals surface area contributed by atoms with Gasteiger partial charge in [-0.15, -0.1) is 0 Å². The number of anilines is 3. The van der Waals surface area contributed by atoms with Crippen LogP contribution in [0.2, 0.25) is 0 Å². The normalized spacial score (nSPS) is 10.7. The predicted octanol–water partition coefficient (Wildman–Crippen LogP) is 4.19. The van der Waals surface area contributed by atoms with Gasteiger partial charge >= 0.3 is 0 Å². The summed E-state index contributed by atoms with van der Waals surface area (Å²) in [5, 5.41) is 3.09. The van der Waals surface area contributed by atoms with Crippen LogP contribution in [-0.4, -0.2) is 24.2 Å². The van der Waals surface area contributed by atoms with Gasteiger partial charge in [0.05, 0.1) is 25.6 Å². The first-order chi connectivity index (χ1) is 13.9. The molecule has 0 radical (unpaired) electrons. The lowest BCUT2D eigenvalue weighted by atomic mass is 10.0. The molecule has 0 amide bonds. The van der Waals surface area contributed by atoms with Gasteiger partial charge in [-0.25, -0.2) is 18.7 Å². The van der Waals surface area contributed by atoms with E-state index in [9.17, 15) is 8.78 Å². The summed E-state index contributed by atoms with van der Waals surface area (Å²) in [6.45, 7) is 1.93. The fourth-order valence-electron chi connectivity index (χ4n) is 2.95. The lowest BCUT2D eigenvalue weighted by Crippen LogP contribution is -2.05. The van der Waals surface area contributed by atoms with E-state index < -0.39 is 11.6 Å². The van der Waals surface area contributed by atoms with Crippen molar-refractivity contribution in [3.8, 4) is 11.5 Å². The zero-order valence-corrected chi connectivity index (χ0v) is 16.4. The molecule has 0 bridgehead atoms. The van der Waals surface area contributed by atoms with Gasteiger partial charge in [0.2, 0.25) is 5.95 Å². The third-order valence-electron chi connectivity index (χ3n) is 4.58. The Hall–Kier alpha value is -3.42. The quantitative estimate of drug-likeness (QED) is 0.579. The average Bonchev–Trinajstić information content (AvgIpc) is 2.72. The minimum absolute atomic E-state index is 0.0649. The van der Waals surface area contributed by atoms with E-state index >= 15 is 0 Å². The molecule has 0 atom stereocenters. The summed E-state index contributed by atoms with van der Waals surface area (Å²) in [4.78, 5) is 8.53. The van der Waals surface area contributed by atoms with Crippen molar-refractivity contribution >= 4 is 17.3 Å². The minimum Gasteiger partial charge on any atom is -0.494 e. The topological polar surface area (TPSA) is 82.3 Å². The van der Waals surface area contributed by atoms with Crippen LogP contribution in [-0.2, 0) is 12.8 Å². The number of nitrogen functional groups attached to an aromatic ring is 1. The maximum Gasteiger partial charge on any atom is 0.227 e. The SMILES string of the molecule is COc1cc(OC)c(F)c(CCc2cnc(Nc3c(C)cccc3N)nc2)c1F. The Morgan fingerprint density at radius 3 is 2.17 bits per heavy atom. The second kappa shape index (κ2) is 8.72. The van der Waals surface area contributed by atoms with Crippen molar-refractivity contribution in [3.05, 3.63) is 65.0 Å². The largest absolute Gasteiger partial charge is 0.494 e. The number of nitrogens with zero attached hydrogens (tertiary/aromatic N) is 2. The van der Waals surface area contributed by atoms with Gasteiger partial charge in [-0.05, 0) is 37.0 Å². The zero-order valence-electron chi connectivity index (χ0n) is 16.4. The van der Waals surface area contributed by atoms with Gasteiger partial charge < -0.3 is 20.5 Å². The average molecular weight is 400 g/mol. The number of hydrogen-bond acceptors (Lipinski definition) is 6. The molecule has 1 heterocycles. The third-order valence-corrected chi connectivity index (χ3v) is 4.58. The maximum atomic E-state index is 14.5. The van der Waals surface area contributed by atoms with E-state index in [2.05, 4.69) is 15.3 Å². The van der Waals surface area contributed by atoms with Crippen molar-refractivity contribution in [3.63, 3.8) is 0 Å². The van der Waals surface area contributed by atoms with Crippen LogP contribution in [0.3, 0.4) is 0 Å². The number of aryl methyl sites for hydroxylation is 2. The van der Waals surface area contributed by atoms with Gasteiger partial charge in [-0.3, -0.25) is 0 Å². The minimum atomic E-state index is -0.736. The number of methoxy groups -OCH3 is 2. The summed E-state index contributed by atoms with van der Waals surface area (Å²) in [6.07, 6.45) is 3.66. The molecule has 0 saturated carbocycles. The highest BCUT2D eigenvalue weighted by molar-refractivity contribution is 5.73. The Labute approximate surface area is 167 Å². The molecule has 6 nitrogen and oxygen atoms in total. The molecule has 152 valence electrons. The van der Waals surface area contributed by atoms with Crippen molar-refractivity contribution in [1.82, 2.24) is 9.97 Å². The number of halogens is 2. The summed E-state index contributed by atoms with van der Waals surface area (Å²) < 4.78 is 38.8. The van der Waals surface area contributed by atoms with Gasteiger partial charge in [0.25, 0.3) is 0 Å². The Morgan fingerprint density at radius 1 is 1.00 bits per heavy atom. The van der Waals surface area contributed by atoms with Crippen molar-refractivity contribution in [2.24, 2.45) is 0 Å². The predicted molar refractivity (Wildman–Crippen MR) is 108 cm³/mol. The lowest BCUT2D eigenvalue weighted by Gasteiger charge is -2.13. The number of nitrogens with two attached hydrogens (primary N) is 1. The van der Waals surface area contributed by atoms with Crippen LogP contribution in [0.1, 0.15) is 16.7 Å². The van der Waals surface area contributed by atoms with E-state index in [1.165, 1.54) is 20.3 Å². The molecule has 3 rings (SSSR count). The Kier molecular flexibility index (Phi) is 6.11. The number of ether oxygens (including phenoxy) is 2. The fourth-order valence-corrected chi connectivity index (χ4v) is 2.95. The van der Waals surface area contributed by atoms with E-state index in [4.69, 9.17) is 15.2 Å². The standard InChI is InChI=1S/C21H22F2N4O2/c1-12-5-4-6-15(24)20(12)27-21-25-10-13(11-26-21)7-8-14-18(22)16(28-2)9-17(29-3)19(14)23/h4-6,9-11H,7-8,24H2,1-3H3,(H,25,26,27). The first-order valence-corrected chi connectivity index (χ1v) is 8.96. The highest BCUT2D eigenvalue weighted by Gasteiger charge is 2.19. The number of nitrogens with one attached hydrogen (secondary N) is 1. The summed E-state index contributed by atoms with van der Waals surface area (Å²) in [6, 6.07) is 6.77. The molecule has 1 aromatic heterocycles. The smallest absolute Gasteiger partial charge is 0.227 e. The number of para-hydroxylation sites is 1. The molecule has 0 unspecified atom stereocenters.